The minimum absolute atomic E-state index is 0. The molecule has 0 saturated carbocycles. The number of nitrogens with zero attached hydrogens (tertiary/aromatic N) is 2. The van der Waals surface area contributed by atoms with Crippen LogP contribution in [0.5, 0.6) is 0 Å². The Balaban J connectivity index is 0.00000169. The molecule has 0 aromatic carbocycles. The Morgan fingerprint density at radius 3 is 3.00 bits per heavy atom. The molecule has 14 heavy (non-hydrogen) atoms. The van der Waals surface area contributed by atoms with Crippen LogP contribution in [0.1, 0.15) is 6.42 Å². The summed E-state index contributed by atoms with van der Waals surface area (Å²) in [6, 6.07) is 1.66. The minimum atomic E-state index is -0.114. The lowest BCUT2D eigenvalue weighted by Crippen LogP contribution is -2.23. The van der Waals surface area contributed by atoms with E-state index in [-0.39, 0.29) is 18.0 Å². The first-order valence-corrected chi connectivity index (χ1v) is 4.61. The molecule has 0 aliphatic heterocycles. The zero-order valence-electron chi connectivity index (χ0n) is 7.86. The summed E-state index contributed by atoms with van der Waals surface area (Å²) in [6.07, 6.45) is 2.43. The van der Waals surface area contributed by atoms with Crippen LogP contribution in [0, 0.1) is 0 Å². The molecule has 0 radical (unpaired) electrons. The Bertz CT molecular complexity index is 327. The number of nitrogens with one attached hydrogen (secondary N) is 1. The van der Waals surface area contributed by atoms with Crippen molar-refractivity contribution in [1.29, 1.82) is 0 Å². The molecule has 0 fully saturated rings. The average molecular weight is 238 g/mol. The maximum Gasteiger partial charge on any atom is 0.289 e. The van der Waals surface area contributed by atoms with Crippen molar-refractivity contribution < 1.29 is 0 Å². The monoisotopic (exact) mass is 237 g/mol. The van der Waals surface area contributed by atoms with Gasteiger partial charge < -0.3 is 5.32 Å². The fourth-order valence-corrected chi connectivity index (χ4v) is 1.06. The van der Waals surface area contributed by atoms with E-state index in [0.29, 0.717) is 18.1 Å². The van der Waals surface area contributed by atoms with E-state index in [2.05, 4.69) is 10.4 Å². The lowest BCUT2D eigenvalue weighted by atomic mass is 10.4. The second-order valence-electron chi connectivity index (χ2n) is 2.64. The number of alkyl halides is 1. The van der Waals surface area contributed by atoms with Gasteiger partial charge in [0, 0.05) is 25.7 Å². The highest BCUT2D eigenvalue weighted by atomic mass is 35.5. The van der Waals surface area contributed by atoms with E-state index in [1.165, 1.54) is 4.68 Å². The number of anilines is 1. The third kappa shape index (κ3) is 3.55. The molecule has 4 nitrogen and oxygen atoms in total. The highest BCUT2D eigenvalue weighted by Crippen LogP contribution is 1.96. The highest BCUT2D eigenvalue weighted by molar-refractivity contribution is 6.17. The lowest BCUT2D eigenvalue weighted by molar-refractivity contribution is 0.708. The zero-order chi connectivity index (χ0) is 9.68. The summed E-state index contributed by atoms with van der Waals surface area (Å²) in [5, 5.41) is 6.80. The summed E-state index contributed by atoms with van der Waals surface area (Å²) >= 11 is 5.50. The molecule has 1 rings (SSSR count). The third-order valence-electron chi connectivity index (χ3n) is 1.63. The normalized spacial score (nSPS) is 9.29. The first-order chi connectivity index (χ1) is 6.25. The van der Waals surface area contributed by atoms with Crippen LogP contribution in [-0.4, -0.2) is 22.2 Å². The molecule has 1 aromatic rings. The van der Waals surface area contributed by atoms with E-state index >= 15 is 0 Å². The van der Waals surface area contributed by atoms with Crippen LogP contribution in [0.15, 0.2) is 17.1 Å². The van der Waals surface area contributed by atoms with Crippen LogP contribution in [-0.2, 0) is 7.05 Å². The molecule has 0 bridgehead atoms. The third-order valence-corrected chi connectivity index (χ3v) is 1.90. The second-order valence-corrected chi connectivity index (χ2v) is 3.02. The van der Waals surface area contributed by atoms with Crippen molar-refractivity contribution >= 4 is 29.7 Å². The fraction of sp³-hybridized carbons (Fsp3) is 0.500. The zero-order valence-corrected chi connectivity index (χ0v) is 9.44. The summed E-state index contributed by atoms with van der Waals surface area (Å²) < 4.78 is 1.29. The first-order valence-electron chi connectivity index (χ1n) is 4.08. The van der Waals surface area contributed by atoms with Gasteiger partial charge in [-0.15, -0.1) is 24.0 Å². The van der Waals surface area contributed by atoms with Gasteiger partial charge in [0.1, 0.15) is 5.69 Å². The van der Waals surface area contributed by atoms with Crippen LogP contribution >= 0.6 is 24.0 Å². The summed E-state index contributed by atoms with van der Waals surface area (Å²) in [6.45, 7) is 0.711. The molecular formula is C8H13Cl2N3O. The van der Waals surface area contributed by atoms with Crippen LogP contribution in [0.4, 0.5) is 5.69 Å². The Labute approximate surface area is 93.7 Å². The Morgan fingerprint density at radius 1 is 1.64 bits per heavy atom. The second kappa shape index (κ2) is 6.68. The molecule has 0 unspecified atom stereocenters. The Morgan fingerprint density at radius 2 is 2.36 bits per heavy atom. The predicted molar refractivity (Wildman–Crippen MR) is 60.6 cm³/mol. The standard InChI is InChI=1S/C8H12ClN3O.ClH/c1-12-8(13)7(3-6-11-12)10-5-2-4-9;/h3,6,10H,2,4-5H2,1H3;1H. The van der Waals surface area contributed by atoms with Crippen molar-refractivity contribution in [3.63, 3.8) is 0 Å². The van der Waals surface area contributed by atoms with Gasteiger partial charge in [-0.05, 0) is 12.5 Å². The van der Waals surface area contributed by atoms with Gasteiger partial charge >= 0.3 is 0 Å². The van der Waals surface area contributed by atoms with Gasteiger partial charge in [-0.2, -0.15) is 5.10 Å². The number of rotatable bonds is 4. The lowest BCUT2D eigenvalue weighted by Gasteiger charge is -2.04. The van der Waals surface area contributed by atoms with E-state index in [1.54, 1.807) is 19.3 Å². The molecule has 0 aliphatic carbocycles. The molecule has 1 heterocycles. The molecule has 0 spiro atoms. The van der Waals surface area contributed by atoms with Crippen LogP contribution in [0.3, 0.4) is 0 Å². The SMILES string of the molecule is Cl.Cn1nccc(NCCCCl)c1=O. The van der Waals surface area contributed by atoms with Gasteiger partial charge in [-0.25, -0.2) is 4.68 Å². The Hall–Kier alpha value is -0.740. The number of hydrogen-bond acceptors (Lipinski definition) is 3. The molecule has 0 saturated heterocycles. The molecule has 1 N–H and O–H groups in total. The summed E-state index contributed by atoms with van der Waals surface area (Å²) in [5.74, 6) is 0.596. The number of aromatic nitrogens is 2. The van der Waals surface area contributed by atoms with Crippen molar-refractivity contribution in [2.75, 3.05) is 17.7 Å². The number of aryl methyl sites for hydroxylation is 1. The number of hydrogen-bond donors (Lipinski definition) is 1. The van der Waals surface area contributed by atoms with Crippen molar-refractivity contribution in [3.05, 3.63) is 22.6 Å². The van der Waals surface area contributed by atoms with Gasteiger partial charge in [0.2, 0.25) is 0 Å². The van der Waals surface area contributed by atoms with Gasteiger partial charge in [0.15, 0.2) is 0 Å². The smallest absolute Gasteiger partial charge is 0.289 e. The quantitative estimate of drug-likeness (QED) is 0.634. The van der Waals surface area contributed by atoms with Gasteiger partial charge in [0.25, 0.3) is 5.56 Å². The van der Waals surface area contributed by atoms with E-state index in [9.17, 15) is 4.79 Å². The molecule has 80 valence electrons. The topological polar surface area (TPSA) is 46.9 Å². The molecule has 0 atom stereocenters. The maximum absolute atomic E-state index is 11.4. The van der Waals surface area contributed by atoms with Crippen LogP contribution in [0.25, 0.3) is 0 Å². The van der Waals surface area contributed by atoms with E-state index in [1.807, 2.05) is 0 Å². The predicted octanol–water partition coefficient (Wildman–Crippen LogP) is 1.24. The van der Waals surface area contributed by atoms with E-state index in [4.69, 9.17) is 11.6 Å². The van der Waals surface area contributed by atoms with Gasteiger partial charge in [-0.1, -0.05) is 0 Å². The summed E-state index contributed by atoms with van der Waals surface area (Å²) in [5.41, 5.74) is 0.458. The van der Waals surface area contributed by atoms with E-state index < -0.39 is 0 Å². The maximum atomic E-state index is 11.4. The minimum Gasteiger partial charge on any atom is -0.380 e. The van der Waals surface area contributed by atoms with Gasteiger partial charge in [0.05, 0.1) is 0 Å². The average Bonchev–Trinajstić information content (AvgIpc) is 2.13. The Kier molecular flexibility index (Phi) is 6.32. The van der Waals surface area contributed by atoms with Crippen molar-refractivity contribution in [2.45, 2.75) is 6.42 Å². The summed E-state index contributed by atoms with van der Waals surface area (Å²) in [4.78, 5) is 11.4. The first kappa shape index (κ1) is 13.3. The summed E-state index contributed by atoms with van der Waals surface area (Å²) in [7, 11) is 1.62. The highest BCUT2D eigenvalue weighted by Gasteiger charge is 1.98. The fourth-order valence-electron chi connectivity index (χ4n) is 0.930. The molecule has 0 aliphatic rings. The molecule has 6 heteroatoms. The van der Waals surface area contributed by atoms with Crippen molar-refractivity contribution in [1.82, 2.24) is 9.78 Å². The molecule has 0 amide bonds. The van der Waals surface area contributed by atoms with Crippen LogP contribution in [0.2, 0.25) is 0 Å². The van der Waals surface area contributed by atoms with Gasteiger partial charge in [-0.3, -0.25) is 4.79 Å². The van der Waals surface area contributed by atoms with Crippen molar-refractivity contribution in [2.24, 2.45) is 7.05 Å². The van der Waals surface area contributed by atoms with E-state index in [0.717, 1.165) is 6.42 Å². The largest absolute Gasteiger partial charge is 0.380 e. The molecular weight excluding hydrogens is 225 g/mol. The molecule has 1 aromatic heterocycles. The number of halogens is 2. The van der Waals surface area contributed by atoms with Crippen molar-refractivity contribution in [3.8, 4) is 0 Å². The van der Waals surface area contributed by atoms with Crippen LogP contribution < -0.4 is 10.9 Å².